The highest BCUT2D eigenvalue weighted by atomic mass is 31.2. The molecule has 0 saturated heterocycles. The topological polar surface area (TPSA) is 44.8 Å². The Morgan fingerprint density at radius 2 is 1.00 bits per heavy atom. The van der Waals surface area contributed by atoms with Crippen LogP contribution in [-0.2, 0) is 9.09 Å². The molecule has 0 aliphatic rings. The van der Waals surface area contributed by atoms with Crippen molar-refractivity contribution >= 4 is 7.82 Å². The molecule has 0 aliphatic heterocycles. The molecule has 2 aromatic carbocycles. The van der Waals surface area contributed by atoms with E-state index in [9.17, 15) is 4.57 Å². The summed E-state index contributed by atoms with van der Waals surface area (Å²) < 4.78 is 31.3. The molecule has 5 heteroatoms. The fourth-order valence-corrected chi connectivity index (χ4v) is 5.52. The van der Waals surface area contributed by atoms with Crippen LogP contribution in [0.15, 0.2) is 60.7 Å². The first-order valence-electron chi connectivity index (χ1n) is 13.9. The summed E-state index contributed by atoms with van der Waals surface area (Å²) >= 11 is 0. The van der Waals surface area contributed by atoms with Gasteiger partial charge in [-0.25, -0.2) is 4.57 Å². The summed E-state index contributed by atoms with van der Waals surface area (Å²) in [4.78, 5) is 0. The van der Waals surface area contributed by atoms with Crippen molar-refractivity contribution in [1.29, 1.82) is 0 Å². The maximum absolute atomic E-state index is 13.7. The maximum atomic E-state index is 13.7. The summed E-state index contributed by atoms with van der Waals surface area (Å²) in [6.07, 6.45) is 17.5. The average Bonchev–Trinajstić information content (AvgIpc) is 2.87. The van der Waals surface area contributed by atoms with E-state index in [1.807, 2.05) is 36.4 Å². The largest absolute Gasteiger partial charge is 0.587 e. The molecule has 0 aliphatic carbocycles. The first-order valence-corrected chi connectivity index (χ1v) is 15.3. The third-order valence-corrected chi connectivity index (χ3v) is 7.66. The second kappa shape index (κ2) is 18.5. The Morgan fingerprint density at radius 3 is 1.43 bits per heavy atom. The average molecular weight is 503 g/mol. The zero-order valence-electron chi connectivity index (χ0n) is 22.0. The van der Waals surface area contributed by atoms with Crippen LogP contribution in [0.3, 0.4) is 0 Å². The minimum atomic E-state index is -3.82. The molecule has 0 spiro atoms. The smallest absolute Gasteiger partial charge is 0.395 e. The number of para-hydroxylation sites is 2. The highest BCUT2D eigenvalue weighted by Crippen LogP contribution is 2.50. The number of phosphoric ester groups is 1. The van der Waals surface area contributed by atoms with Crippen LogP contribution in [-0.4, -0.2) is 6.61 Å². The lowest BCUT2D eigenvalue weighted by Gasteiger charge is -2.22. The molecule has 0 bridgehead atoms. The summed E-state index contributed by atoms with van der Waals surface area (Å²) in [5.41, 5.74) is 0. The predicted octanol–water partition coefficient (Wildman–Crippen LogP) is 10.4. The number of unbranched alkanes of at least 4 members (excludes halogenated alkanes) is 10. The molecule has 2 rings (SSSR count). The van der Waals surface area contributed by atoms with Gasteiger partial charge >= 0.3 is 7.82 Å². The molecule has 1 atom stereocenters. The van der Waals surface area contributed by atoms with Crippen molar-refractivity contribution in [3.05, 3.63) is 60.7 Å². The van der Waals surface area contributed by atoms with Crippen molar-refractivity contribution in [1.82, 2.24) is 0 Å². The molecule has 4 nitrogen and oxygen atoms in total. The Balaban J connectivity index is 1.95. The van der Waals surface area contributed by atoms with Crippen LogP contribution in [0.5, 0.6) is 11.5 Å². The number of benzene rings is 2. The Labute approximate surface area is 214 Å². The van der Waals surface area contributed by atoms with E-state index in [-0.39, 0.29) is 0 Å². The molecular formula is C30H47O4P. The fourth-order valence-electron chi connectivity index (χ4n) is 4.23. The standard InChI is InChI=1S/C30H47O4P/c1-3-5-7-9-10-12-16-22-28(21-15-11-8-6-4-2)27-32-35(31,33-29-23-17-13-18-24-29)34-30-25-19-14-20-26-30/h13-14,17-20,23-26,28H,3-12,15-16,21-22,27H2,1-2H3. The van der Waals surface area contributed by atoms with E-state index in [0.717, 1.165) is 12.8 Å². The van der Waals surface area contributed by atoms with E-state index >= 15 is 0 Å². The van der Waals surface area contributed by atoms with Crippen molar-refractivity contribution in [2.45, 2.75) is 104 Å². The van der Waals surface area contributed by atoms with Crippen LogP contribution in [0.2, 0.25) is 0 Å². The Bertz CT molecular complexity index is 751. The predicted molar refractivity (Wildman–Crippen MR) is 147 cm³/mol. The Kier molecular flexibility index (Phi) is 15.6. The first-order chi connectivity index (χ1) is 17.1. The van der Waals surface area contributed by atoms with Gasteiger partial charge in [-0.2, -0.15) is 0 Å². The van der Waals surface area contributed by atoms with E-state index in [0.29, 0.717) is 24.0 Å². The highest BCUT2D eigenvalue weighted by molar-refractivity contribution is 7.49. The lowest BCUT2D eigenvalue weighted by Crippen LogP contribution is -2.13. The molecule has 0 radical (unpaired) electrons. The summed E-state index contributed by atoms with van der Waals surface area (Å²) in [6.45, 7) is 4.89. The molecule has 0 fully saturated rings. The van der Waals surface area contributed by atoms with Gasteiger partial charge in [-0.05, 0) is 43.0 Å². The molecule has 0 aromatic heterocycles. The molecular weight excluding hydrogens is 455 g/mol. The van der Waals surface area contributed by atoms with Gasteiger partial charge in [0.25, 0.3) is 0 Å². The lowest BCUT2D eigenvalue weighted by atomic mass is 9.95. The molecule has 0 amide bonds. The highest BCUT2D eigenvalue weighted by Gasteiger charge is 2.32. The van der Waals surface area contributed by atoms with Gasteiger partial charge in [0.15, 0.2) is 0 Å². The normalized spacial score (nSPS) is 12.4. The van der Waals surface area contributed by atoms with E-state index < -0.39 is 7.82 Å². The van der Waals surface area contributed by atoms with Crippen LogP contribution in [0, 0.1) is 5.92 Å². The van der Waals surface area contributed by atoms with Crippen molar-refractivity contribution < 1.29 is 18.1 Å². The number of rotatable bonds is 21. The third kappa shape index (κ3) is 13.8. The maximum Gasteiger partial charge on any atom is 0.587 e. The molecule has 0 saturated carbocycles. The fraction of sp³-hybridized carbons (Fsp3) is 0.600. The van der Waals surface area contributed by atoms with Gasteiger partial charge in [-0.3, -0.25) is 4.52 Å². The molecule has 1 unspecified atom stereocenters. The monoisotopic (exact) mass is 502 g/mol. The van der Waals surface area contributed by atoms with Crippen LogP contribution < -0.4 is 9.05 Å². The Morgan fingerprint density at radius 1 is 0.600 bits per heavy atom. The zero-order valence-corrected chi connectivity index (χ0v) is 22.9. The number of phosphoric acid groups is 1. The summed E-state index contributed by atoms with van der Waals surface area (Å²) in [7, 11) is -3.82. The van der Waals surface area contributed by atoms with E-state index in [4.69, 9.17) is 13.6 Å². The summed E-state index contributed by atoms with van der Waals surface area (Å²) in [5.74, 6) is 1.32. The van der Waals surface area contributed by atoms with Crippen LogP contribution in [0.4, 0.5) is 0 Å². The SMILES string of the molecule is CCCCCCCCCC(CCCCCCC)COP(=O)(Oc1ccccc1)Oc1ccccc1. The molecule has 2 aromatic rings. The van der Waals surface area contributed by atoms with E-state index in [1.165, 1.54) is 77.0 Å². The van der Waals surface area contributed by atoms with Gasteiger partial charge in [0.2, 0.25) is 0 Å². The van der Waals surface area contributed by atoms with Crippen molar-refractivity contribution in [2.75, 3.05) is 6.61 Å². The molecule has 0 heterocycles. The van der Waals surface area contributed by atoms with Crippen molar-refractivity contribution in [2.24, 2.45) is 5.92 Å². The number of hydrogen-bond acceptors (Lipinski definition) is 4. The quantitative estimate of drug-likeness (QED) is 0.126. The summed E-state index contributed by atoms with van der Waals surface area (Å²) in [6, 6.07) is 18.3. The number of hydrogen-bond donors (Lipinski definition) is 0. The third-order valence-electron chi connectivity index (χ3n) is 6.32. The first kappa shape index (κ1) is 29.5. The van der Waals surface area contributed by atoms with E-state index in [2.05, 4.69) is 13.8 Å². The van der Waals surface area contributed by atoms with Crippen LogP contribution in [0.1, 0.15) is 104 Å². The van der Waals surface area contributed by atoms with Crippen molar-refractivity contribution in [3.63, 3.8) is 0 Å². The van der Waals surface area contributed by atoms with Gasteiger partial charge < -0.3 is 9.05 Å². The lowest BCUT2D eigenvalue weighted by molar-refractivity contribution is 0.166. The zero-order chi connectivity index (χ0) is 25.0. The second-order valence-electron chi connectivity index (χ2n) is 9.53. The van der Waals surface area contributed by atoms with Gasteiger partial charge in [0.05, 0.1) is 6.61 Å². The van der Waals surface area contributed by atoms with Crippen molar-refractivity contribution in [3.8, 4) is 11.5 Å². The van der Waals surface area contributed by atoms with Gasteiger partial charge in [-0.1, -0.05) is 127 Å². The van der Waals surface area contributed by atoms with Gasteiger partial charge in [0, 0.05) is 0 Å². The summed E-state index contributed by atoms with van der Waals surface area (Å²) in [5, 5.41) is 0. The van der Waals surface area contributed by atoms with Gasteiger partial charge in [0.1, 0.15) is 11.5 Å². The molecule has 196 valence electrons. The Hall–Kier alpha value is -1.77. The molecule has 0 N–H and O–H groups in total. The minimum Gasteiger partial charge on any atom is -0.395 e. The molecule has 35 heavy (non-hydrogen) atoms. The van der Waals surface area contributed by atoms with E-state index in [1.54, 1.807) is 24.3 Å². The second-order valence-corrected chi connectivity index (χ2v) is 11.0. The van der Waals surface area contributed by atoms with Crippen LogP contribution >= 0.6 is 7.82 Å². The van der Waals surface area contributed by atoms with Crippen LogP contribution in [0.25, 0.3) is 0 Å². The minimum absolute atomic E-state index is 0.361. The van der Waals surface area contributed by atoms with Gasteiger partial charge in [-0.15, -0.1) is 0 Å².